The summed E-state index contributed by atoms with van der Waals surface area (Å²) in [6.45, 7) is 10.3. The number of rotatable bonds is 4. The first-order valence-electron chi connectivity index (χ1n) is 10.3. The van der Waals surface area contributed by atoms with E-state index in [2.05, 4.69) is 36.7 Å². The molecular weight excluding hydrogens is 340 g/mol. The number of carbonyl (C=O) groups is 1. The van der Waals surface area contributed by atoms with E-state index in [4.69, 9.17) is 4.74 Å². The number of quaternary nitrogens is 1. The molecule has 1 aliphatic heterocycles. The Labute approximate surface area is 162 Å². The second-order valence-corrected chi connectivity index (χ2v) is 8.35. The minimum atomic E-state index is -0.0163. The van der Waals surface area contributed by atoms with Gasteiger partial charge in [0.25, 0.3) is 5.91 Å². The summed E-state index contributed by atoms with van der Waals surface area (Å²) in [5, 5.41) is 12.8. The maximum atomic E-state index is 12.8. The summed E-state index contributed by atoms with van der Waals surface area (Å²) in [6, 6.07) is 2.71. The van der Waals surface area contributed by atoms with Gasteiger partial charge in [-0.05, 0) is 46.1 Å². The van der Waals surface area contributed by atoms with Crippen molar-refractivity contribution < 1.29 is 14.4 Å². The molecule has 1 saturated heterocycles. The molecule has 1 aromatic rings. The molecule has 6 heteroatoms. The van der Waals surface area contributed by atoms with Crippen LogP contribution in [0.3, 0.4) is 0 Å². The van der Waals surface area contributed by atoms with E-state index in [-0.39, 0.29) is 18.1 Å². The summed E-state index contributed by atoms with van der Waals surface area (Å²) in [7, 11) is 0. The van der Waals surface area contributed by atoms with Gasteiger partial charge in [-0.3, -0.25) is 4.79 Å². The van der Waals surface area contributed by atoms with E-state index in [0.29, 0.717) is 24.0 Å². The van der Waals surface area contributed by atoms with Gasteiger partial charge in [-0.25, -0.2) is 0 Å². The van der Waals surface area contributed by atoms with Crippen LogP contribution < -0.4 is 10.2 Å². The smallest absolute Gasteiger partial charge is 0.280 e. The van der Waals surface area contributed by atoms with Gasteiger partial charge in [0.05, 0.1) is 5.56 Å². The fraction of sp³-hybridized carbons (Fsp3) is 0.714. The van der Waals surface area contributed by atoms with Gasteiger partial charge in [0, 0.05) is 11.7 Å². The van der Waals surface area contributed by atoms with E-state index in [1.807, 2.05) is 6.92 Å². The van der Waals surface area contributed by atoms with Crippen LogP contribution in [-0.2, 0) is 9.53 Å². The third kappa shape index (κ3) is 4.36. The van der Waals surface area contributed by atoms with Gasteiger partial charge in [0.15, 0.2) is 6.54 Å². The Balaban J connectivity index is 1.79. The first-order valence-corrected chi connectivity index (χ1v) is 10.3. The SMILES string of the molecule is Cc1c(C#N)c(NC(=O)C[NH+]2C[C@H](C)O[C@@H](C)C2)n(C2CCCCC2)c1C. The average molecular weight is 374 g/mol. The van der Waals surface area contributed by atoms with Crippen molar-refractivity contribution >= 4 is 11.7 Å². The van der Waals surface area contributed by atoms with Crippen LogP contribution in [-0.4, -0.2) is 42.3 Å². The van der Waals surface area contributed by atoms with Gasteiger partial charge in [-0.2, -0.15) is 5.26 Å². The summed E-state index contributed by atoms with van der Waals surface area (Å²) in [4.78, 5) is 14.1. The van der Waals surface area contributed by atoms with Gasteiger partial charge < -0.3 is 19.5 Å². The number of anilines is 1. The molecule has 0 bridgehead atoms. The van der Waals surface area contributed by atoms with Crippen LogP contribution in [0.25, 0.3) is 0 Å². The number of hydrogen-bond acceptors (Lipinski definition) is 3. The van der Waals surface area contributed by atoms with E-state index in [1.165, 1.54) is 24.2 Å². The zero-order valence-corrected chi connectivity index (χ0v) is 17.1. The zero-order valence-electron chi connectivity index (χ0n) is 17.1. The van der Waals surface area contributed by atoms with Crippen molar-refractivity contribution in [1.29, 1.82) is 5.26 Å². The van der Waals surface area contributed by atoms with E-state index in [1.54, 1.807) is 0 Å². The molecule has 1 aliphatic carbocycles. The average Bonchev–Trinajstić information content (AvgIpc) is 2.84. The topological polar surface area (TPSA) is 71.5 Å². The largest absolute Gasteiger partial charge is 0.364 e. The molecule has 27 heavy (non-hydrogen) atoms. The van der Waals surface area contributed by atoms with E-state index in [9.17, 15) is 10.1 Å². The Kier molecular flexibility index (Phi) is 6.23. The summed E-state index contributed by atoms with van der Waals surface area (Å²) in [5.74, 6) is 0.690. The Morgan fingerprint density at radius 2 is 1.85 bits per heavy atom. The molecular formula is C21H33N4O2+. The lowest BCUT2D eigenvalue weighted by atomic mass is 9.95. The van der Waals surface area contributed by atoms with Crippen LogP contribution >= 0.6 is 0 Å². The van der Waals surface area contributed by atoms with Crippen molar-refractivity contribution in [2.24, 2.45) is 0 Å². The minimum absolute atomic E-state index is 0.0163. The highest BCUT2D eigenvalue weighted by Gasteiger charge is 2.29. The van der Waals surface area contributed by atoms with Crippen LogP contribution in [0.2, 0.25) is 0 Å². The lowest BCUT2D eigenvalue weighted by molar-refractivity contribution is -0.907. The fourth-order valence-corrected chi connectivity index (χ4v) is 4.82. The van der Waals surface area contributed by atoms with E-state index >= 15 is 0 Å². The van der Waals surface area contributed by atoms with Gasteiger partial charge in [0.2, 0.25) is 0 Å². The van der Waals surface area contributed by atoms with Crippen LogP contribution in [0.5, 0.6) is 0 Å². The first kappa shape index (κ1) is 19.9. The third-order valence-electron chi connectivity index (χ3n) is 6.09. The number of morpholine rings is 1. The molecule has 1 aromatic heterocycles. The number of carbonyl (C=O) groups excluding carboxylic acids is 1. The van der Waals surface area contributed by atoms with Gasteiger partial charge >= 0.3 is 0 Å². The van der Waals surface area contributed by atoms with E-state index < -0.39 is 0 Å². The minimum Gasteiger partial charge on any atom is -0.364 e. The quantitative estimate of drug-likeness (QED) is 0.849. The lowest BCUT2D eigenvalue weighted by Crippen LogP contribution is -3.16. The Bertz CT molecular complexity index is 718. The lowest BCUT2D eigenvalue weighted by Gasteiger charge is -2.32. The molecule has 0 aromatic carbocycles. The van der Waals surface area contributed by atoms with Gasteiger partial charge in [-0.15, -0.1) is 0 Å². The highest BCUT2D eigenvalue weighted by atomic mass is 16.5. The molecule has 2 fully saturated rings. The monoisotopic (exact) mass is 373 g/mol. The van der Waals surface area contributed by atoms with Crippen molar-refractivity contribution in [3.63, 3.8) is 0 Å². The first-order chi connectivity index (χ1) is 12.9. The van der Waals surface area contributed by atoms with Crippen LogP contribution in [0, 0.1) is 25.2 Å². The number of ether oxygens (including phenoxy) is 1. The highest BCUT2D eigenvalue weighted by Crippen LogP contribution is 2.36. The second kappa shape index (κ2) is 8.45. The summed E-state index contributed by atoms with van der Waals surface area (Å²) < 4.78 is 8.00. The molecule has 6 nitrogen and oxygen atoms in total. The Morgan fingerprint density at radius 1 is 1.22 bits per heavy atom. The number of nitriles is 1. The zero-order chi connectivity index (χ0) is 19.6. The van der Waals surface area contributed by atoms with Crippen molar-refractivity contribution in [3.05, 3.63) is 16.8 Å². The summed E-state index contributed by atoms with van der Waals surface area (Å²) in [6.07, 6.45) is 6.27. The second-order valence-electron chi connectivity index (χ2n) is 8.35. The Morgan fingerprint density at radius 3 is 2.44 bits per heavy atom. The number of amides is 1. The molecule has 2 atom stereocenters. The molecule has 1 saturated carbocycles. The van der Waals surface area contributed by atoms with Crippen LogP contribution in [0.15, 0.2) is 0 Å². The molecule has 2 N–H and O–H groups in total. The van der Waals surface area contributed by atoms with E-state index in [0.717, 1.165) is 37.2 Å². The number of nitrogens with zero attached hydrogens (tertiary/aromatic N) is 2. The molecule has 2 heterocycles. The standard InChI is InChI=1S/C21H32N4O2/c1-14-11-24(12-15(2)27-14)13-20(26)23-21-19(10-22)16(3)17(4)25(21)18-8-6-5-7-9-18/h14-15,18H,5-9,11-13H2,1-4H3,(H,23,26)/p+1/t14-,15-/m0/s1. The molecule has 0 radical (unpaired) electrons. The van der Waals surface area contributed by atoms with Gasteiger partial charge in [-0.1, -0.05) is 19.3 Å². The molecule has 2 aliphatic rings. The van der Waals surface area contributed by atoms with Crippen molar-refractivity contribution in [3.8, 4) is 6.07 Å². The normalized spacial score (nSPS) is 26.6. The number of hydrogen-bond donors (Lipinski definition) is 2. The van der Waals surface area contributed by atoms with Crippen molar-refractivity contribution in [2.75, 3.05) is 25.0 Å². The molecule has 0 spiro atoms. The van der Waals surface area contributed by atoms with Crippen molar-refractivity contribution in [2.45, 2.75) is 78.0 Å². The van der Waals surface area contributed by atoms with Crippen LogP contribution in [0.1, 0.15) is 68.8 Å². The molecule has 1 amide bonds. The Hall–Kier alpha value is -1.84. The summed E-state index contributed by atoms with van der Waals surface area (Å²) in [5.41, 5.74) is 2.71. The van der Waals surface area contributed by atoms with Gasteiger partial charge in [0.1, 0.15) is 37.2 Å². The molecule has 3 rings (SSSR count). The van der Waals surface area contributed by atoms with Crippen molar-refractivity contribution in [1.82, 2.24) is 4.57 Å². The number of aromatic nitrogens is 1. The maximum Gasteiger partial charge on any atom is 0.280 e. The maximum absolute atomic E-state index is 12.8. The molecule has 0 unspecified atom stereocenters. The highest BCUT2D eigenvalue weighted by molar-refractivity contribution is 5.92. The fourth-order valence-electron chi connectivity index (χ4n) is 4.82. The predicted octanol–water partition coefficient (Wildman–Crippen LogP) is 2.11. The van der Waals surface area contributed by atoms with Crippen LogP contribution in [0.4, 0.5) is 5.82 Å². The third-order valence-corrected chi connectivity index (χ3v) is 6.09. The number of nitrogens with one attached hydrogen (secondary N) is 2. The predicted molar refractivity (Wildman–Crippen MR) is 105 cm³/mol. The molecule has 148 valence electrons. The summed E-state index contributed by atoms with van der Waals surface area (Å²) >= 11 is 0.